The van der Waals surface area contributed by atoms with Crippen LogP contribution in [0, 0.1) is 0 Å². The number of aromatic nitrogens is 1. The lowest BCUT2D eigenvalue weighted by Crippen LogP contribution is -2.40. The van der Waals surface area contributed by atoms with Gasteiger partial charge in [-0.15, -0.1) is 11.3 Å². The van der Waals surface area contributed by atoms with Crippen molar-refractivity contribution >= 4 is 28.6 Å². The molecule has 0 atom stereocenters. The minimum absolute atomic E-state index is 0.0238. The van der Waals surface area contributed by atoms with Crippen molar-refractivity contribution in [1.29, 1.82) is 0 Å². The van der Waals surface area contributed by atoms with E-state index in [-0.39, 0.29) is 24.5 Å². The average Bonchev–Trinajstić information content (AvgIpc) is 2.85. The van der Waals surface area contributed by atoms with E-state index in [4.69, 9.17) is 0 Å². The highest BCUT2D eigenvalue weighted by atomic mass is 32.1. The second-order valence-electron chi connectivity index (χ2n) is 4.82. The van der Waals surface area contributed by atoms with E-state index < -0.39 is 0 Å². The van der Waals surface area contributed by atoms with Crippen molar-refractivity contribution in [3.8, 4) is 10.6 Å². The van der Waals surface area contributed by atoms with Gasteiger partial charge in [-0.25, -0.2) is 4.98 Å². The maximum absolute atomic E-state index is 11.9. The van der Waals surface area contributed by atoms with Gasteiger partial charge < -0.3 is 10.4 Å². The summed E-state index contributed by atoms with van der Waals surface area (Å²) in [7, 11) is 0. The number of nitrogens with one attached hydrogen (secondary N) is 1. The predicted molar refractivity (Wildman–Crippen MR) is 76.3 cm³/mol. The van der Waals surface area contributed by atoms with Gasteiger partial charge in [-0.05, 0) is 24.3 Å². The molecule has 1 fully saturated rings. The van der Waals surface area contributed by atoms with Crippen LogP contribution < -0.4 is 5.32 Å². The predicted octanol–water partition coefficient (Wildman–Crippen LogP) is 2.06. The summed E-state index contributed by atoms with van der Waals surface area (Å²) >= 11 is 3.19. The van der Waals surface area contributed by atoms with Gasteiger partial charge >= 0.3 is 0 Å². The van der Waals surface area contributed by atoms with Crippen LogP contribution in [-0.2, 0) is 11.2 Å². The van der Waals surface area contributed by atoms with Crippen LogP contribution in [0.1, 0.15) is 18.5 Å². The number of carbonyl (C=O) groups is 1. The number of aliphatic hydroxyl groups is 1. The summed E-state index contributed by atoms with van der Waals surface area (Å²) in [6.07, 6.45) is 2.02. The molecule has 0 unspecified atom stereocenters. The molecule has 2 N–H and O–H groups in total. The molecule has 1 amide bonds. The molecule has 0 aliphatic heterocycles. The Morgan fingerprint density at radius 3 is 2.95 bits per heavy atom. The van der Waals surface area contributed by atoms with E-state index in [1.165, 1.54) is 0 Å². The van der Waals surface area contributed by atoms with Crippen molar-refractivity contribution in [3.05, 3.63) is 27.9 Å². The van der Waals surface area contributed by atoms with Crippen molar-refractivity contribution in [2.45, 2.75) is 24.8 Å². The molecule has 4 nitrogen and oxygen atoms in total. The first-order chi connectivity index (χ1) is 9.21. The number of rotatable bonds is 5. The van der Waals surface area contributed by atoms with Crippen molar-refractivity contribution < 1.29 is 9.90 Å². The normalized spacial score (nSPS) is 16.3. The van der Waals surface area contributed by atoms with Crippen LogP contribution in [-0.4, -0.2) is 28.1 Å². The molecule has 1 saturated carbocycles. The maximum atomic E-state index is 11.9. The first kappa shape index (κ1) is 12.8. The largest absolute Gasteiger partial charge is 0.394 e. The molecule has 2 heterocycles. The highest BCUT2D eigenvalue weighted by Crippen LogP contribution is 2.34. The Hall–Kier alpha value is -1.24. The fraction of sp³-hybridized carbons (Fsp3) is 0.385. The minimum Gasteiger partial charge on any atom is -0.394 e. The number of nitrogens with zero attached hydrogens (tertiary/aromatic N) is 1. The highest BCUT2D eigenvalue weighted by molar-refractivity contribution is 7.14. The molecule has 0 spiro atoms. The molecule has 3 rings (SSSR count). The molecule has 1 aliphatic carbocycles. The lowest BCUT2D eigenvalue weighted by Gasteiger charge is -2.13. The zero-order chi connectivity index (χ0) is 13.3. The molecular formula is C13H14N2O2S2. The Kier molecular flexibility index (Phi) is 3.38. The maximum Gasteiger partial charge on any atom is 0.226 e. The van der Waals surface area contributed by atoms with Gasteiger partial charge in [-0.3, -0.25) is 4.79 Å². The summed E-state index contributed by atoms with van der Waals surface area (Å²) in [6.45, 7) is 0.0238. The number of hydrogen-bond donors (Lipinski definition) is 2. The van der Waals surface area contributed by atoms with Gasteiger partial charge in [0.1, 0.15) is 5.01 Å². The second-order valence-corrected chi connectivity index (χ2v) is 6.46. The topological polar surface area (TPSA) is 62.2 Å². The standard InChI is InChI=1S/C13H14N2O2S2/c16-8-13(2-3-13)15-11(17)5-10-7-19-12(14-10)9-1-4-18-6-9/h1,4,6-7,16H,2-3,5,8H2,(H,15,17). The smallest absolute Gasteiger partial charge is 0.226 e. The molecule has 2 aromatic heterocycles. The molecule has 100 valence electrons. The van der Waals surface area contributed by atoms with Crippen LogP contribution in [0.15, 0.2) is 22.2 Å². The van der Waals surface area contributed by atoms with Crippen molar-refractivity contribution in [1.82, 2.24) is 10.3 Å². The molecule has 19 heavy (non-hydrogen) atoms. The Morgan fingerprint density at radius 2 is 2.32 bits per heavy atom. The fourth-order valence-electron chi connectivity index (χ4n) is 1.88. The molecular weight excluding hydrogens is 280 g/mol. The molecule has 1 aliphatic rings. The molecule has 0 saturated heterocycles. The third-order valence-corrected chi connectivity index (χ3v) is 4.85. The zero-order valence-corrected chi connectivity index (χ0v) is 11.9. The Morgan fingerprint density at radius 1 is 1.47 bits per heavy atom. The van der Waals surface area contributed by atoms with Gasteiger partial charge in [0.05, 0.1) is 24.3 Å². The van der Waals surface area contributed by atoms with Crippen LogP contribution in [0.2, 0.25) is 0 Å². The Labute approximate surface area is 119 Å². The van der Waals surface area contributed by atoms with E-state index >= 15 is 0 Å². The Bertz CT molecular complexity index is 573. The van der Waals surface area contributed by atoms with Crippen molar-refractivity contribution in [3.63, 3.8) is 0 Å². The summed E-state index contributed by atoms with van der Waals surface area (Å²) in [5, 5.41) is 19.0. The van der Waals surface area contributed by atoms with E-state index in [9.17, 15) is 9.90 Å². The number of amides is 1. The average molecular weight is 294 g/mol. The lowest BCUT2D eigenvalue weighted by molar-refractivity contribution is -0.121. The van der Waals surface area contributed by atoms with Crippen LogP contribution in [0.25, 0.3) is 10.6 Å². The summed E-state index contributed by atoms with van der Waals surface area (Å²) in [5.74, 6) is -0.0614. The third-order valence-electron chi connectivity index (χ3n) is 3.22. The monoisotopic (exact) mass is 294 g/mol. The molecule has 0 aromatic carbocycles. The Balaban J connectivity index is 1.63. The van der Waals surface area contributed by atoms with Gasteiger partial charge in [0.2, 0.25) is 5.91 Å². The highest BCUT2D eigenvalue weighted by Gasteiger charge is 2.43. The SMILES string of the molecule is O=C(Cc1csc(-c2ccsc2)n1)NC1(CO)CC1. The van der Waals surface area contributed by atoms with Crippen LogP contribution >= 0.6 is 22.7 Å². The van der Waals surface area contributed by atoms with Crippen LogP contribution in [0.5, 0.6) is 0 Å². The van der Waals surface area contributed by atoms with Gasteiger partial charge in [0.15, 0.2) is 0 Å². The number of thiazole rings is 1. The van der Waals surface area contributed by atoms with Gasteiger partial charge in [-0.1, -0.05) is 0 Å². The van der Waals surface area contributed by atoms with Crippen LogP contribution in [0.3, 0.4) is 0 Å². The third kappa shape index (κ3) is 2.86. The minimum atomic E-state index is -0.344. The zero-order valence-electron chi connectivity index (χ0n) is 10.3. The number of hydrogen-bond acceptors (Lipinski definition) is 5. The second kappa shape index (κ2) is 5.03. The van der Waals surface area contributed by atoms with E-state index in [0.29, 0.717) is 0 Å². The van der Waals surface area contributed by atoms with Crippen LogP contribution in [0.4, 0.5) is 0 Å². The summed E-state index contributed by atoms with van der Waals surface area (Å²) in [6, 6.07) is 2.03. The lowest BCUT2D eigenvalue weighted by atomic mass is 10.2. The molecule has 2 aromatic rings. The number of thiophene rings is 1. The van der Waals surface area contributed by atoms with Gasteiger partial charge in [-0.2, -0.15) is 11.3 Å². The van der Waals surface area contributed by atoms with Crippen molar-refractivity contribution in [2.75, 3.05) is 6.61 Å². The quantitative estimate of drug-likeness (QED) is 0.887. The fourth-order valence-corrected chi connectivity index (χ4v) is 3.42. The molecule has 0 bridgehead atoms. The number of aliphatic hydroxyl groups excluding tert-OH is 1. The summed E-state index contributed by atoms with van der Waals surface area (Å²) in [4.78, 5) is 16.3. The summed E-state index contributed by atoms with van der Waals surface area (Å²) in [5.41, 5.74) is 1.55. The van der Waals surface area contributed by atoms with Gasteiger partial charge in [0, 0.05) is 16.3 Å². The van der Waals surface area contributed by atoms with E-state index in [0.717, 1.165) is 29.1 Å². The number of carbonyl (C=O) groups excluding carboxylic acids is 1. The van der Waals surface area contributed by atoms with E-state index in [2.05, 4.69) is 10.3 Å². The van der Waals surface area contributed by atoms with Gasteiger partial charge in [0.25, 0.3) is 0 Å². The van der Waals surface area contributed by atoms with E-state index in [1.54, 1.807) is 22.7 Å². The molecule has 0 radical (unpaired) electrons. The molecule has 6 heteroatoms. The van der Waals surface area contributed by atoms with E-state index in [1.807, 2.05) is 22.2 Å². The summed E-state index contributed by atoms with van der Waals surface area (Å²) < 4.78 is 0. The first-order valence-electron chi connectivity index (χ1n) is 6.10. The van der Waals surface area contributed by atoms with Crippen molar-refractivity contribution in [2.24, 2.45) is 0 Å². The first-order valence-corrected chi connectivity index (χ1v) is 7.92.